The van der Waals surface area contributed by atoms with E-state index in [1.807, 2.05) is 35.2 Å². The van der Waals surface area contributed by atoms with Crippen LogP contribution < -0.4 is 4.74 Å². The molecule has 0 aromatic heterocycles. The van der Waals surface area contributed by atoms with Crippen LogP contribution in [0.5, 0.6) is 5.75 Å². The van der Waals surface area contributed by atoms with Crippen LogP contribution in [0.1, 0.15) is 30.9 Å². The Morgan fingerprint density at radius 2 is 1.79 bits per heavy atom. The number of piperidine rings is 1. The number of amidine groups is 1. The minimum absolute atomic E-state index is 0.198. The third-order valence-electron chi connectivity index (χ3n) is 5.29. The molecule has 2 aliphatic rings. The molecule has 0 saturated carbocycles. The molecule has 2 heterocycles. The summed E-state index contributed by atoms with van der Waals surface area (Å²) in [5.41, 5.74) is 1.83. The lowest BCUT2D eigenvalue weighted by Gasteiger charge is -2.32. The van der Waals surface area contributed by atoms with Crippen molar-refractivity contribution in [2.45, 2.75) is 31.1 Å². The van der Waals surface area contributed by atoms with Crippen molar-refractivity contribution >= 4 is 21.8 Å². The van der Waals surface area contributed by atoms with E-state index < -0.39 is 10.0 Å². The van der Waals surface area contributed by atoms with Gasteiger partial charge in [0, 0.05) is 18.7 Å². The van der Waals surface area contributed by atoms with Crippen molar-refractivity contribution in [3.63, 3.8) is 0 Å². The summed E-state index contributed by atoms with van der Waals surface area (Å²) in [6.07, 6.45) is 2.15. The summed E-state index contributed by atoms with van der Waals surface area (Å²) >= 11 is 0. The summed E-state index contributed by atoms with van der Waals surface area (Å²) in [6.45, 7) is 3.21. The molecule has 2 aliphatic heterocycles. The molecule has 0 aliphatic carbocycles. The molecule has 0 unspecified atom stereocenters. The number of carbonyl (C=O) groups is 1. The van der Waals surface area contributed by atoms with E-state index >= 15 is 0 Å². The molecule has 0 spiro atoms. The van der Waals surface area contributed by atoms with Gasteiger partial charge in [0.2, 0.25) is 0 Å². The standard InChI is InChI=1S/C21H22N2O4S/c1-2-15-7-9-17(10-8-15)27-21(24)16-11-13-23(14-12-16)20-18-5-3-4-6-19(18)28(25,26)22-20/h3-10,16H,2,11-14H2,1H3. The van der Waals surface area contributed by atoms with Crippen molar-refractivity contribution in [2.24, 2.45) is 10.3 Å². The number of aryl methyl sites for hydroxylation is 1. The van der Waals surface area contributed by atoms with Crippen molar-refractivity contribution in [1.82, 2.24) is 4.90 Å². The van der Waals surface area contributed by atoms with Crippen LogP contribution in [0.4, 0.5) is 0 Å². The van der Waals surface area contributed by atoms with Gasteiger partial charge in [-0.3, -0.25) is 4.79 Å². The van der Waals surface area contributed by atoms with Crippen molar-refractivity contribution in [3.8, 4) is 5.75 Å². The van der Waals surface area contributed by atoms with E-state index in [1.165, 1.54) is 5.56 Å². The van der Waals surface area contributed by atoms with Crippen LogP contribution >= 0.6 is 0 Å². The highest BCUT2D eigenvalue weighted by Gasteiger charge is 2.34. The Morgan fingerprint density at radius 1 is 1.11 bits per heavy atom. The van der Waals surface area contributed by atoms with Gasteiger partial charge in [-0.1, -0.05) is 31.2 Å². The van der Waals surface area contributed by atoms with Gasteiger partial charge in [-0.25, -0.2) is 0 Å². The molecule has 0 amide bonds. The number of hydrogen-bond acceptors (Lipinski definition) is 5. The van der Waals surface area contributed by atoms with Gasteiger partial charge in [-0.05, 0) is 49.1 Å². The Labute approximate surface area is 164 Å². The lowest BCUT2D eigenvalue weighted by atomic mass is 9.96. The molecule has 2 aromatic rings. The Morgan fingerprint density at radius 3 is 2.46 bits per heavy atom. The average Bonchev–Trinajstić information content (AvgIpc) is 3.00. The van der Waals surface area contributed by atoms with Crippen molar-refractivity contribution in [1.29, 1.82) is 0 Å². The van der Waals surface area contributed by atoms with Crippen LogP contribution in [0.25, 0.3) is 0 Å². The molecule has 28 heavy (non-hydrogen) atoms. The van der Waals surface area contributed by atoms with Crippen molar-refractivity contribution in [3.05, 3.63) is 59.7 Å². The Balaban J connectivity index is 1.40. The Hall–Kier alpha value is -2.67. The van der Waals surface area contributed by atoms with Crippen LogP contribution in [-0.2, 0) is 21.2 Å². The Bertz CT molecular complexity index is 1020. The van der Waals surface area contributed by atoms with Gasteiger partial charge in [0.05, 0.1) is 5.92 Å². The van der Waals surface area contributed by atoms with Crippen LogP contribution in [0.15, 0.2) is 57.8 Å². The van der Waals surface area contributed by atoms with Gasteiger partial charge in [0.1, 0.15) is 10.6 Å². The molecule has 7 heteroatoms. The van der Waals surface area contributed by atoms with Crippen molar-refractivity contribution in [2.75, 3.05) is 13.1 Å². The molecule has 2 aromatic carbocycles. The van der Waals surface area contributed by atoms with Gasteiger partial charge < -0.3 is 9.64 Å². The summed E-state index contributed by atoms with van der Waals surface area (Å²) in [5, 5.41) is 0. The number of hydrogen-bond donors (Lipinski definition) is 0. The van der Waals surface area contributed by atoms with Crippen LogP contribution in [-0.4, -0.2) is 38.2 Å². The molecular weight excluding hydrogens is 376 g/mol. The average molecular weight is 398 g/mol. The lowest BCUT2D eigenvalue weighted by Crippen LogP contribution is -2.41. The van der Waals surface area contributed by atoms with Crippen LogP contribution in [0.2, 0.25) is 0 Å². The number of sulfonamides is 1. The molecule has 1 saturated heterocycles. The second-order valence-electron chi connectivity index (χ2n) is 7.07. The summed E-state index contributed by atoms with van der Waals surface area (Å²) < 4.78 is 34.0. The maximum atomic E-state index is 12.5. The highest BCUT2D eigenvalue weighted by Crippen LogP contribution is 2.30. The highest BCUT2D eigenvalue weighted by atomic mass is 32.2. The largest absolute Gasteiger partial charge is 0.426 e. The fourth-order valence-corrected chi connectivity index (χ4v) is 4.86. The van der Waals surface area contributed by atoms with Gasteiger partial charge in [-0.15, -0.1) is 4.40 Å². The van der Waals surface area contributed by atoms with E-state index in [4.69, 9.17) is 4.74 Å². The first kappa shape index (κ1) is 18.7. The second-order valence-corrected chi connectivity index (χ2v) is 8.64. The number of ether oxygens (including phenoxy) is 1. The number of nitrogens with zero attached hydrogens (tertiary/aromatic N) is 2. The van der Waals surface area contributed by atoms with Gasteiger partial charge in [0.25, 0.3) is 10.0 Å². The number of likely N-dealkylation sites (tertiary alicyclic amines) is 1. The topological polar surface area (TPSA) is 76.0 Å². The second kappa shape index (κ2) is 7.39. The molecule has 0 radical (unpaired) electrons. The van der Waals surface area contributed by atoms with Gasteiger partial charge in [0.15, 0.2) is 5.84 Å². The fraction of sp³-hybridized carbons (Fsp3) is 0.333. The van der Waals surface area contributed by atoms with E-state index in [0.29, 0.717) is 43.1 Å². The summed E-state index contributed by atoms with van der Waals surface area (Å²) in [5.74, 6) is 0.614. The van der Waals surface area contributed by atoms with E-state index in [0.717, 1.165) is 6.42 Å². The molecule has 1 fully saturated rings. The zero-order valence-corrected chi connectivity index (χ0v) is 16.5. The monoisotopic (exact) mass is 398 g/mol. The number of carbonyl (C=O) groups excluding carboxylic acids is 1. The number of fused-ring (bicyclic) bond motifs is 1. The number of rotatable bonds is 3. The summed E-state index contributed by atoms with van der Waals surface area (Å²) in [4.78, 5) is 14.7. The van der Waals surface area contributed by atoms with E-state index in [-0.39, 0.29) is 16.8 Å². The molecule has 0 atom stereocenters. The number of esters is 1. The molecular formula is C21H22N2O4S. The first-order chi connectivity index (χ1) is 13.5. The fourth-order valence-electron chi connectivity index (χ4n) is 3.64. The molecule has 146 valence electrons. The first-order valence-corrected chi connectivity index (χ1v) is 10.9. The molecule has 4 rings (SSSR count). The van der Waals surface area contributed by atoms with Crippen LogP contribution in [0, 0.1) is 5.92 Å². The smallest absolute Gasteiger partial charge is 0.314 e. The zero-order chi connectivity index (χ0) is 19.7. The minimum Gasteiger partial charge on any atom is -0.426 e. The summed E-state index contributed by atoms with van der Waals surface area (Å²) in [6, 6.07) is 14.4. The SMILES string of the molecule is CCc1ccc(OC(=O)C2CCN(C3=NS(=O)(=O)c4ccccc43)CC2)cc1. The third-order valence-corrected chi connectivity index (χ3v) is 6.62. The van der Waals surface area contributed by atoms with E-state index in [9.17, 15) is 13.2 Å². The third kappa shape index (κ3) is 3.54. The zero-order valence-electron chi connectivity index (χ0n) is 15.7. The van der Waals surface area contributed by atoms with Crippen LogP contribution in [0.3, 0.4) is 0 Å². The maximum Gasteiger partial charge on any atom is 0.314 e. The summed E-state index contributed by atoms with van der Waals surface area (Å²) in [7, 11) is -3.63. The van der Waals surface area contributed by atoms with E-state index in [2.05, 4.69) is 11.3 Å². The highest BCUT2D eigenvalue weighted by molar-refractivity contribution is 7.90. The minimum atomic E-state index is -3.63. The predicted octanol–water partition coefficient (Wildman–Crippen LogP) is 3.02. The first-order valence-electron chi connectivity index (χ1n) is 9.48. The maximum absolute atomic E-state index is 12.5. The molecule has 0 N–H and O–H groups in total. The van der Waals surface area contributed by atoms with Crippen molar-refractivity contribution < 1.29 is 17.9 Å². The lowest BCUT2D eigenvalue weighted by molar-refractivity contribution is -0.140. The van der Waals surface area contributed by atoms with Gasteiger partial charge in [-0.2, -0.15) is 8.42 Å². The normalized spacial score (nSPS) is 18.5. The van der Waals surface area contributed by atoms with Gasteiger partial charge >= 0.3 is 5.97 Å². The van der Waals surface area contributed by atoms with E-state index in [1.54, 1.807) is 18.2 Å². The number of benzene rings is 2. The predicted molar refractivity (Wildman–Crippen MR) is 106 cm³/mol. The molecule has 0 bridgehead atoms. The Kier molecular flexibility index (Phi) is 4.93. The quantitative estimate of drug-likeness (QED) is 0.587. The molecule has 6 nitrogen and oxygen atoms in total.